The maximum absolute atomic E-state index is 5.54. The summed E-state index contributed by atoms with van der Waals surface area (Å²) in [5, 5.41) is 6.53. The molecule has 0 radical (unpaired) electrons. The van der Waals surface area contributed by atoms with E-state index in [1.807, 2.05) is 18.2 Å². The Kier molecular flexibility index (Phi) is 9.51. The van der Waals surface area contributed by atoms with Crippen LogP contribution in [0.5, 0.6) is 0 Å². The first-order valence-electron chi connectivity index (χ1n) is 10.6. The first-order chi connectivity index (χ1) is 14.8. The quantitative estimate of drug-likeness (QED) is 0.383. The molecule has 1 aliphatic heterocycles. The average molecular weight is 417 g/mol. The zero-order chi connectivity index (χ0) is 20.9. The van der Waals surface area contributed by atoms with Crippen LogP contribution in [0.3, 0.4) is 0 Å². The van der Waals surface area contributed by atoms with Gasteiger partial charge in [0.05, 0.1) is 26.4 Å². The van der Waals surface area contributed by atoms with E-state index < -0.39 is 0 Å². The minimum absolute atomic E-state index is 0.526. The molecule has 0 amide bonds. The van der Waals surface area contributed by atoms with Crippen molar-refractivity contribution in [3.63, 3.8) is 0 Å². The van der Waals surface area contributed by atoms with Gasteiger partial charge in [-0.3, -0.25) is 4.98 Å². The summed E-state index contributed by atoms with van der Waals surface area (Å²) in [6, 6.07) is 5.92. The van der Waals surface area contributed by atoms with Gasteiger partial charge in [0.2, 0.25) is 17.8 Å². The van der Waals surface area contributed by atoms with E-state index in [2.05, 4.69) is 35.5 Å². The first-order valence-corrected chi connectivity index (χ1v) is 10.6. The summed E-state index contributed by atoms with van der Waals surface area (Å²) < 4.78 is 10.8. The Morgan fingerprint density at radius 3 is 2.33 bits per heavy atom. The van der Waals surface area contributed by atoms with Crippen LogP contribution in [0.15, 0.2) is 24.4 Å². The van der Waals surface area contributed by atoms with E-state index >= 15 is 0 Å². The molecule has 30 heavy (non-hydrogen) atoms. The number of pyridine rings is 1. The molecule has 1 aliphatic rings. The highest BCUT2D eigenvalue weighted by Gasteiger charge is 2.17. The minimum atomic E-state index is 0.526. The monoisotopic (exact) mass is 416 g/mol. The lowest BCUT2D eigenvalue weighted by Crippen LogP contribution is -2.23. The highest BCUT2D eigenvalue weighted by molar-refractivity contribution is 5.44. The van der Waals surface area contributed by atoms with Gasteiger partial charge in [-0.1, -0.05) is 6.07 Å². The van der Waals surface area contributed by atoms with Crippen LogP contribution in [-0.2, 0) is 15.9 Å². The van der Waals surface area contributed by atoms with Gasteiger partial charge in [0.1, 0.15) is 0 Å². The van der Waals surface area contributed by atoms with E-state index in [9.17, 15) is 0 Å². The smallest absolute Gasteiger partial charge is 0.231 e. The summed E-state index contributed by atoms with van der Waals surface area (Å²) in [5.74, 6) is 1.83. The highest BCUT2D eigenvalue weighted by Crippen LogP contribution is 2.18. The second-order valence-electron chi connectivity index (χ2n) is 6.91. The van der Waals surface area contributed by atoms with Gasteiger partial charge in [-0.15, -0.1) is 0 Å². The molecule has 0 bridgehead atoms. The standard InChI is InChI=1S/C20H32N8O2/c21-7-13-29-15-16-30-14-10-24-19-25-18(23-9-6-17-5-1-2-8-22-17)26-20(27-19)28-11-3-4-12-28/h1-2,5,8H,3-4,6-7,9-16,21H2,(H2,23,24,25,26,27). The molecule has 4 N–H and O–H groups in total. The fraction of sp³-hybridized carbons (Fsp3) is 0.600. The average Bonchev–Trinajstić information content (AvgIpc) is 3.31. The van der Waals surface area contributed by atoms with Gasteiger partial charge < -0.3 is 30.7 Å². The van der Waals surface area contributed by atoms with Crippen molar-refractivity contribution in [1.29, 1.82) is 0 Å². The molecular weight excluding hydrogens is 384 g/mol. The van der Waals surface area contributed by atoms with Gasteiger partial charge >= 0.3 is 0 Å². The lowest BCUT2D eigenvalue weighted by molar-refractivity contribution is 0.0547. The molecule has 0 atom stereocenters. The van der Waals surface area contributed by atoms with Crippen molar-refractivity contribution < 1.29 is 9.47 Å². The number of hydrogen-bond donors (Lipinski definition) is 3. The summed E-state index contributed by atoms with van der Waals surface area (Å²) in [5.41, 5.74) is 6.41. The molecule has 0 saturated carbocycles. The van der Waals surface area contributed by atoms with Crippen LogP contribution in [0.2, 0.25) is 0 Å². The number of hydrogen-bond acceptors (Lipinski definition) is 10. The van der Waals surface area contributed by atoms with Gasteiger partial charge in [-0.05, 0) is 25.0 Å². The van der Waals surface area contributed by atoms with E-state index in [4.69, 9.17) is 15.2 Å². The Balaban J connectivity index is 1.50. The van der Waals surface area contributed by atoms with Crippen LogP contribution in [0.25, 0.3) is 0 Å². The van der Waals surface area contributed by atoms with Crippen LogP contribution in [0, 0.1) is 0 Å². The Morgan fingerprint density at radius 2 is 1.63 bits per heavy atom. The second-order valence-corrected chi connectivity index (χ2v) is 6.91. The summed E-state index contributed by atoms with van der Waals surface area (Å²) in [7, 11) is 0. The third-order valence-corrected chi connectivity index (χ3v) is 4.57. The minimum Gasteiger partial charge on any atom is -0.378 e. The number of anilines is 3. The molecule has 3 rings (SSSR count). The normalized spacial score (nSPS) is 13.6. The van der Waals surface area contributed by atoms with Gasteiger partial charge in [0, 0.05) is 51.0 Å². The fourth-order valence-electron chi connectivity index (χ4n) is 3.07. The summed E-state index contributed by atoms with van der Waals surface area (Å²) in [6.45, 7) is 5.97. The van der Waals surface area contributed by atoms with Crippen LogP contribution in [-0.4, -0.2) is 79.1 Å². The van der Waals surface area contributed by atoms with Crippen LogP contribution in [0.1, 0.15) is 18.5 Å². The van der Waals surface area contributed by atoms with E-state index in [1.165, 1.54) is 0 Å². The molecule has 2 aromatic heterocycles. The topological polar surface area (TPSA) is 123 Å². The largest absolute Gasteiger partial charge is 0.378 e. The molecule has 1 fully saturated rings. The number of nitrogens with two attached hydrogens (primary N) is 1. The molecule has 3 heterocycles. The van der Waals surface area contributed by atoms with Gasteiger partial charge in [-0.25, -0.2) is 0 Å². The maximum atomic E-state index is 5.54. The summed E-state index contributed by atoms with van der Waals surface area (Å²) in [6.07, 6.45) is 4.93. The van der Waals surface area contributed by atoms with Crippen LogP contribution >= 0.6 is 0 Å². The van der Waals surface area contributed by atoms with E-state index in [0.29, 0.717) is 63.9 Å². The Morgan fingerprint density at radius 1 is 0.900 bits per heavy atom. The summed E-state index contributed by atoms with van der Waals surface area (Å²) in [4.78, 5) is 20.2. The van der Waals surface area contributed by atoms with Crippen molar-refractivity contribution in [2.45, 2.75) is 19.3 Å². The SMILES string of the molecule is NCCOCCOCCNc1nc(NCCc2ccccn2)nc(N2CCCC2)n1. The second kappa shape index (κ2) is 12.9. The van der Waals surface area contributed by atoms with Crippen LogP contribution < -0.4 is 21.3 Å². The van der Waals surface area contributed by atoms with E-state index in [-0.39, 0.29) is 0 Å². The number of nitrogens with zero attached hydrogens (tertiary/aromatic N) is 5. The highest BCUT2D eigenvalue weighted by atomic mass is 16.5. The van der Waals surface area contributed by atoms with Gasteiger partial charge in [0.25, 0.3) is 0 Å². The van der Waals surface area contributed by atoms with Gasteiger partial charge in [0.15, 0.2) is 0 Å². The Bertz CT molecular complexity index is 728. The van der Waals surface area contributed by atoms with Crippen molar-refractivity contribution in [2.24, 2.45) is 5.73 Å². The summed E-state index contributed by atoms with van der Waals surface area (Å²) >= 11 is 0. The third kappa shape index (κ3) is 7.69. The predicted molar refractivity (Wildman–Crippen MR) is 117 cm³/mol. The molecule has 0 aliphatic carbocycles. The lowest BCUT2D eigenvalue weighted by Gasteiger charge is -2.17. The van der Waals surface area contributed by atoms with E-state index in [1.54, 1.807) is 6.20 Å². The molecule has 0 spiro atoms. The molecule has 1 saturated heterocycles. The van der Waals surface area contributed by atoms with Crippen molar-refractivity contribution in [3.05, 3.63) is 30.1 Å². The molecular formula is C20H32N8O2. The fourth-order valence-corrected chi connectivity index (χ4v) is 3.07. The zero-order valence-corrected chi connectivity index (χ0v) is 17.4. The Hall–Kier alpha value is -2.56. The number of aromatic nitrogens is 4. The molecule has 0 unspecified atom stereocenters. The number of ether oxygens (including phenoxy) is 2. The Labute approximate surface area is 177 Å². The van der Waals surface area contributed by atoms with E-state index in [0.717, 1.165) is 38.0 Å². The number of nitrogens with one attached hydrogen (secondary N) is 2. The maximum Gasteiger partial charge on any atom is 0.231 e. The van der Waals surface area contributed by atoms with Gasteiger partial charge in [-0.2, -0.15) is 15.0 Å². The van der Waals surface area contributed by atoms with Crippen molar-refractivity contribution >= 4 is 17.8 Å². The molecule has 0 aromatic carbocycles. The lowest BCUT2D eigenvalue weighted by atomic mass is 10.3. The first kappa shape index (κ1) is 22.1. The molecule has 164 valence electrons. The van der Waals surface area contributed by atoms with Crippen molar-refractivity contribution in [3.8, 4) is 0 Å². The van der Waals surface area contributed by atoms with Crippen molar-refractivity contribution in [1.82, 2.24) is 19.9 Å². The van der Waals surface area contributed by atoms with Crippen LogP contribution in [0.4, 0.5) is 17.8 Å². The molecule has 10 heteroatoms. The number of rotatable bonds is 14. The predicted octanol–water partition coefficient (Wildman–Crippen LogP) is 0.925. The molecule has 10 nitrogen and oxygen atoms in total. The molecule has 2 aromatic rings. The van der Waals surface area contributed by atoms with Crippen molar-refractivity contribution in [2.75, 3.05) is 74.7 Å². The zero-order valence-electron chi connectivity index (χ0n) is 17.4. The third-order valence-electron chi connectivity index (χ3n) is 4.57.